The first-order chi connectivity index (χ1) is 15.3. The van der Waals surface area contributed by atoms with Gasteiger partial charge < -0.3 is 15.0 Å². The van der Waals surface area contributed by atoms with Crippen LogP contribution in [0.1, 0.15) is 30.3 Å². The molecule has 2 aliphatic heterocycles. The average molecular weight is 462 g/mol. The number of carbonyl (C=O) groups is 2. The monoisotopic (exact) mass is 461 g/mol. The molecule has 10 nitrogen and oxygen atoms in total. The van der Waals surface area contributed by atoms with Crippen molar-refractivity contribution in [3.63, 3.8) is 0 Å². The number of ether oxygens (including phenoxy) is 1. The van der Waals surface area contributed by atoms with Crippen LogP contribution in [0.15, 0.2) is 23.1 Å². The van der Waals surface area contributed by atoms with Crippen LogP contribution in [0.5, 0.6) is 5.75 Å². The number of amides is 1. The zero-order valence-corrected chi connectivity index (χ0v) is 19.2. The number of anilines is 1. The second kappa shape index (κ2) is 8.64. The molecule has 1 saturated heterocycles. The largest absolute Gasteiger partial charge is 0.495 e. The Bertz CT molecular complexity index is 1170. The maximum atomic E-state index is 13.5. The summed E-state index contributed by atoms with van der Waals surface area (Å²) in [6.07, 6.45) is 0.137. The Hall–Kier alpha value is -2.76. The van der Waals surface area contributed by atoms with Crippen molar-refractivity contribution in [1.82, 2.24) is 19.0 Å². The highest BCUT2D eigenvalue weighted by Gasteiger charge is 2.32. The van der Waals surface area contributed by atoms with Crippen molar-refractivity contribution in [3.05, 3.63) is 23.9 Å². The molecule has 0 atom stereocenters. The summed E-state index contributed by atoms with van der Waals surface area (Å²) in [7, 11) is -2.38. The van der Waals surface area contributed by atoms with E-state index in [4.69, 9.17) is 4.74 Å². The molecule has 4 rings (SSSR count). The lowest BCUT2D eigenvalue weighted by Crippen LogP contribution is -2.48. The number of piperazine rings is 1. The first-order valence-electron chi connectivity index (χ1n) is 10.6. The number of likely N-dealkylation sites (N-methyl/N-ethyl adjacent to an activating group) is 1. The fraction of sp³-hybridized carbons (Fsp3) is 0.476. The number of carbonyl (C=O) groups excluding carboxylic acids is 2. The third-order valence-electron chi connectivity index (χ3n) is 5.97. The Morgan fingerprint density at radius 2 is 1.84 bits per heavy atom. The summed E-state index contributed by atoms with van der Waals surface area (Å²) < 4.78 is 35.0. The van der Waals surface area contributed by atoms with Crippen molar-refractivity contribution >= 4 is 27.7 Å². The fourth-order valence-corrected chi connectivity index (χ4v) is 5.75. The summed E-state index contributed by atoms with van der Waals surface area (Å²) in [5, 5.41) is 7.05. The first-order valence-corrected chi connectivity index (χ1v) is 12.0. The Morgan fingerprint density at radius 3 is 2.50 bits per heavy atom. The second-order valence-corrected chi connectivity index (χ2v) is 9.77. The molecule has 1 aromatic heterocycles. The number of sulfonamides is 1. The van der Waals surface area contributed by atoms with Crippen LogP contribution in [0.3, 0.4) is 0 Å². The van der Waals surface area contributed by atoms with Gasteiger partial charge in [-0.15, -0.1) is 0 Å². The van der Waals surface area contributed by atoms with Crippen LogP contribution < -0.4 is 10.1 Å². The highest BCUT2D eigenvalue weighted by atomic mass is 32.2. The van der Waals surface area contributed by atoms with E-state index in [2.05, 4.69) is 22.2 Å². The molecule has 0 radical (unpaired) electrons. The Labute approximate surface area is 187 Å². The highest BCUT2D eigenvalue weighted by molar-refractivity contribution is 7.89. The van der Waals surface area contributed by atoms with Gasteiger partial charge in [0.15, 0.2) is 0 Å². The number of fused-ring (bicyclic) bond motifs is 1. The summed E-state index contributed by atoms with van der Waals surface area (Å²) in [5.74, 6) is -0.0703. The van der Waals surface area contributed by atoms with E-state index >= 15 is 0 Å². The van der Waals surface area contributed by atoms with Crippen LogP contribution in [0, 0.1) is 6.92 Å². The van der Waals surface area contributed by atoms with E-state index in [1.807, 2.05) is 0 Å². The van der Waals surface area contributed by atoms with E-state index in [0.29, 0.717) is 43.0 Å². The normalized spacial score (nSPS) is 18.2. The molecule has 32 heavy (non-hydrogen) atoms. The number of nitrogens with one attached hydrogen (secondary N) is 1. The van der Waals surface area contributed by atoms with Gasteiger partial charge in [-0.2, -0.15) is 14.1 Å². The molecule has 0 bridgehead atoms. The molecule has 172 valence electrons. The van der Waals surface area contributed by atoms with Crippen molar-refractivity contribution in [3.8, 4) is 16.9 Å². The zero-order valence-electron chi connectivity index (χ0n) is 18.4. The van der Waals surface area contributed by atoms with Crippen LogP contribution in [0.4, 0.5) is 5.82 Å². The number of hydrogen-bond donors (Lipinski definition) is 1. The van der Waals surface area contributed by atoms with Crippen molar-refractivity contribution in [2.24, 2.45) is 0 Å². The first kappa shape index (κ1) is 22.4. The lowest BCUT2D eigenvalue weighted by Gasteiger charge is -2.33. The van der Waals surface area contributed by atoms with Crippen LogP contribution >= 0.6 is 0 Å². The summed E-state index contributed by atoms with van der Waals surface area (Å²) in [4.78, 5) is 26.8. The SMILES string of the molecule is CCN1CCN(S(=O)(=O)c2cc(-c3c(C)nn4c3NC(=O)CCC4=O)ccc2OC)CC1. The minimum atomic E-state index is -3.81. The van der Waals surface area contributed by atoms with Crippen LogP contribution in [0.25, 0.3) is 11.1 Å². The van der Waals surface area contributed by atoms with E-state index < -0.39 is 10.0 Å². The van der Waals surface area contributed by atoms with Crippen LogP contribution in [-0.2, 0) is 14.8 Å². The predicted octanol–water partition coefficient (Wildman–Crippen LogP) is 1.57. The van der Waals surface area contributed by atoms with E-state index in [1.165, 1.54) is 22.2 Å². The molecule has 0 saturated carbocycles. The van der Waals surface area contributed by atoms with Crippen molar-refractivity contribution in [2.75, 3.05) is 45.2 Å². The number of benzene rings is 1. The van der Waals surface area contributed by atoms with Gasteiger partial charge in [0.25, 0.3) is 0 Å². The predicted molar refractivity (Wildman–Crippen MR) is 118 cm³/mol. The summed E-state index contributed by atoms with van der Waals surface area (Å²) in [6.45, 7) is 6.79. The van der Waals surface area contributed by atoms with Gasteiger partial charge in [0.2, 0.25) is 21.8 Å². The summed E-state index contributed by atoms with van der Waals surface area (Å²) >= 11 is 0. The molecular weight excluding hydrogens is 434 g/mol. The van der Waals surface area contributed by atoms with E-state index in [0.717, 1.165) is 6.54 Å². The van der Waals surface area contributed by atoms with Gasteiger partial charge in [-0.3, -0.25) is 9.59 Å². The molecule has 3 heterocycles. The smallest absolute Gasteiger partial charge is 0.249 e. The van der Waals surface area contributed by atoms with E-state index in [9.17, 15) is 18.0 Å². The number of rotatable bonds is 5. The molecule has 1 fully saturated rings. The van der Waals surface area contributed by atoms with Gasteiger partial charge in [0, 0.05) is 44.6 Å². The molecular formula is C21H27N5O5S. The third kappa shape index (κ3) is 3.91. The second-order valence-electron chi connectivity index (χ2n) is 7.87. The van der Waals surface area contributed by atoms with Gasteiger partial charge in [-0.05, 0) is 31.2 Å². The maximum absolute atomic E-state index is 13.5. The topological polar surface area (TPSA) is 114 Å². The summed E-state index contributed by atoms with van der Waals surface area (Å²) in [6, 6.07) is 4.83. The number of aryl methyl sites for hydroxylation is 1. The van der Waals surface area contributed by atoms with Gasteiger partial charge in [0.1, 0.15) is 16.5 Å². The third-order valence-corrected chi connectivity index (χ3v) is 7.89. The number of nitrogens with zero attached hydrogens (tertiary/aromatic N) is 4. The van der Waals surface area contributed by atoms with E-state index in [-0.39, 0.29) is 41.1 Å². The van der Waals surface area contributed by atoms with Crippen molar-refractivity contribution < 1.29 is 22.7 Å². The van der Waals surface area contributed by atoms with Gasteiger partial charge in [0.05, 0.1) is 12.8 Å². The lowest BCUT2D eigenvalue weighted by atomic mass is 10.1. The molecule has 1 amide bonds. The number of hydrogen-bond acceptors (Lipinski definition) is 7. The number of aromatic nitrogens is 2. The molecule has 2 aromatic rings. The summed E-state index contributed by atoms with van der Waals surface area (Å²) in [5.41, 5.74) is 1.56. The molecule has 0 aliphatic carbocycles. The highest BCUT2D eigenvalue weighted by Crippen LogP contribution is 2.37. The van der Waals surface area contributed by atoms with Crippen molar-refractivity contribution in [2.45, 2.75) is 31.6 Å². The Kier molecular flexibility index (Phi) is 6.06. The Morgan fingerprint density at radius 1 is 1.12 bits per heavy atom. The minimum Gasteiger partial charge on any atom is -0.495 e. The standard InChI is InChI=1S/C21H27N5O5S/c1-4-24-9-11-25(12-10-24)32(29,30)17-13-15(5-6-16(17)31-3)20-14(2)23-26-19(28)8-7-18(27)22-21(20)26/h5-6,13H,4,7-12H2,1-3H3,(H,22,27). The fourth-order valence-electron chi connectivity index (χ4n) is 4.15. The van der Waals surface area contributed by atoms with Gasteiger partial charge in [-0.1, -0.05) is 13.0 Å². The lowest BCUT2D eigenvalue weighted by molar-refractivity contribution is -0.116. The quantitative estimate of drug-likeness (QED) is 0.719. The van der Waals surface area contributed by atoms with Gasteiger partial charge >= 0.3 is 0 Å². The molecule has 0 spiro atoms. The van der Waals surface area contributed by atoms with Crippen LogP contribution in [-0.4, -0.2) is 79.1 Å². The number of methoxy groups -OCH3 is 1. The van der Waals surface area contributed by atoms with E-state index in [1.54, 1.807) is 19.1 Å². The zero-order chi connectivity index (χ0) is 23.0. The molecule has 1 N–H and O–H groups in total. The Balaban J connectivity index is 1.79. The maximum Gasteiger partial charge on any atom is 0.249 e. The van der Waals surface area contributed by atoms with Crippen molar-refractivity contribution in [1.29, 1.82) is 0 Å². The molecule has 0 unspecified atom stereocenters. The molecule has 1 aromatic carbocycles. The average Bonchev–Trinajstić information content (AvgIpc) is 3.05. The molecule has 11 heteroatoms. The molecule has 2 aliphatic rings. The van der Waals surface area contributed by atoms with Gasteiger partial charge in [-0.25, -0.2) is 8.42 Å². The minimum absolute atomic E-state index is 0.0491. The van der Waals surface area contributed by atoms with Crippen LogP contribution in [0.2, 0.25) is 0 Å².